The molecule has 1 heterocycles. The van der Waals surface area contributed by atoms with Gasteiger partial charge in [-0.3, -0.25) is 0 Å². The fourth-order valence-electron chi connectivity index (χ4n) is 2.07. The minimum absolute atomic E-state index is 0.731. The van der Waals surface area contributed by atoms with Gasteiger partial charge in [-0.1, -0.05) is 48.0 Å². The smallest absolute Gasteiger partial charge is 0.153 e. The average molecular weight is 290 g/mol. The number of aryl methyl sites for hydroxylation is 1. The first-order valence-electron chi connectivity index (χ1n) is 7.25. The molecule has 0 aliphatic carbocycles. The predicted octanol–water partition coefficient (Wildman–Crippen LogP) is 4.14. The summed E-state index contributed by atoms with van der Waals surface area (Å²) < 4.78 is 0. The van der Waals surface area contributed by atoms with Crippen LogP contribution in [0.15, 0.2) is 66.7 Å². The van der Waals surface area contributed by atoms with Crippen LogP contribution >= 0.6 is 0 Å². The molecule has 0 radical (unpaired) electrons. The van der Waals surface area contributed by atoms with Crippen molar-refractivity contribution >= 4 is 17.3 Å². The molecule has 4 heteroatoms. The summed E-state index contributed by atoms with van der Waals surface area (Å²) in [5, 5.41) is 14.9. The first-order valence-corrected chi connectivity index (χ1v) is 7.25. The molecule has 0 saturated heterocycles. The quantitative estimate of drug-likeness (QED) is 0.741. The standard InChI is InChI=1S/C18H18N4/c1-14-7-9-16(10-8-14)20-18-12-11-17(21-22-18)19-13-15-5-3-2-4-6-15/h2-12H,13H2,1H3,(H,19,21)(H,20,22). The zero-order valence-corrected chi connectivity index (χ0v) is 12.5. The fourth-order valence-corrected chi connectivity index (χ4v) is 2.07. The third-order valence-electron chi connectivity index (χ3n) is 3.30. The number of hydrogen-bond acceptors (Lipinski definition) is 4. The molecule has 0 unspecified atom stereocenters. The molecule has 3 rings (SSSR count). The highest BCUT2D eigenvalue weighted by Crippen LogP contribution is 2.15. The van der Waals surface area contributed by atoms with Gasteiger partial charge in [0.15, 0.2) is 5.82 Å². The topological polar surface area (TPSA) is 49.8 Å². The van der Waals surface area contributed by atoms with E-state index in [1.54, 1.807) is 0 Å². The maximum Gasteiger partial charge on any atom is 0.153 e. The molecule has 0 amide bonds. The molecule has 0 aliphatic rings. The van der Waals surface area contributed by atoms with Gasteiger partial charge in [-0.05, 0) is 36.8 Å². The van der Waals surface area contributed by atoms with Crippen molar-refractivity contribution in [1.82, 2.24) is 10.2 Å². The Morgan fingerprint density at radius 3 is 2.14 bits per heavy atom. The van der Waals surface area contributed by atoms with Crippen molar-refractivity contribution in [2.75, 3.05) is 10.6 Å². The van der Waals surface area contributed by atoms with Crippen LogP contribution in [0, 0.1) is 6.92 Å². The Labute approximate surface area is 130 Å². The van der Waals surface area contributed by atoms with Crippen LogP contribution in [0.4, 0.5) is 17.3 Å². The Morgan fingerprint density at radius 2 is 1.45 bits per heavy atom. The largest absolute Gasteiger partial charge is 0.365 e. The van der Waals surface area contributed by atoms with E-state index in [0.29, 0.717) is 0 Å². The zero-order chi connectivity index (χ0) is 15.2. The Kier molecular flexibility index (Phi) is 4.30. The molecule has 0 spiro atoms. The second kappa shape index (κ2) is 6.72. The van der Waals surface area contributed by atoms with E-state index in [1.807, 2.05) is 42.5 Å². The van der Waals surface area contributed by atoms with E-state index in [4.69, 9.17) is 0 Å². The summed E-state index contributed by atoms with van der Waals surface area (Å²) in [6.45, 7) is 2.80. The van der Waals surface area contributed by atoms with Gasteiger partial charge in [-0.2, -0.15) is 0 Å². The van der Waals surface area contributed by atoms with Gasteiger partial charge in [0.25, 0.3) is 0 Å². The van der Waals surface area contributed by atoms with Crippen molar-refractivity contribution in [3.05, 3.63) is 77.9 Å². The van der Waals surface area contributed by atoms with Gasteiger partial charge in [-0.25, -0.2) is 0 Å². The predicted molar refractivity (Wildman–Crippen MR) is 90.3 cm³/mol. The molecule has 0 bridgehead atoms. The lowest BCUT2D eigenvalue weighted by Gasteiger charge is -2.07. The lowest BCUT2D eigenvalue weighted by molar-refractivity contribution is 1.00. The van der Waals surface area contributed by atoms with E-state index >= 15 is 0 Å². The van der Waals surface area contributed by atoms with Gasteiger partial charge in [0.2, 0.25) is 0 Å². The van der Waals surface area contributed by atoms with Crippen LogP contribution in [-0.4, -0.2) is 10.2 Å². The lowest BCUT2D eigenvalue weighted by atomic mass is 10.2. The van der Waals surface area contributed by atoms with Crippen molar-refractivity contribution < 1.29 is 0 Å². The molecular formula is C18H18N4. The van der Waals surface area contributed by atoms with Gasteiger partial charge in [0, 0.05) is 12.2 Å². The summed E-state index contributed by atoms with van der Waals surface area (Å²) in [6.07, 6.45) is 0. The number of benzene rings is 2. The van der Waals surface area contributed by atoms with Crippen LogP contribution in [0.25, 0.3) is 0 Å². The van der Waals surface area contributed by atoms with Gasteiger partial charge >= 0.3 is 0 Å². The first kappa shape index (κ1) is 14.1. The van der Waals surface area contributed by atoms with Gasteiger partial charge in [-0.15, -0.1) is 10.2 Å². The van der Waals surface area contributed by atoms with E-state index < -0.39 is 0 Å². The van der Waals surface area contributed by atoms with Crippen molar-refractivity contribution in [3.63, 3.8) is 0 Å². The highest BCUT2D eigenvalue weighted by Gasteiger charge is 1.99. The Balaban J connectivity index is 1.59. The molecule has 3 aromatic rings. The lowest BCUT2D eigenvalue weighted by Crippen LogP contribution is -2.03. The monoisotopic (exact) mass is 290 g/mol. The molecule has 22 heavy (non-hydrogen) atoms. The van der Waals surface area contributed by atoms with Gasteiger partial charge < -0.3 is 10.6 Å². The summed E-state index contributed by atoms with van der Waals surface area (Å²) >= 11 is 0. The highest BCUT2D eigenvalue weighted by atomic mass is 15.2. The first-order chi connectivity index (χ1) is 10.8. The molecule has 0 saturated carbocycles. The van der Waals surface area contributed by atoms with Crippen LogP contribution < -0.4 is 10.6 Å². The maximum atomic E-state index is 4.19. The molecular weight excluding hydrogens is 272 g/mol. The summed E-state index contributed by atoms with van der Waals surface area (Å²) in [5.74, 6) is 1.49. The molecule has 4 nitrogen and oxygen atoms in total. The maximum absolute atomic E-state index is 4.19. The molecule has 0 fully saturated rings. The van der Waals surface area contributed by atoms with Crippen molar-refractivity contribution in [2.24, 2.45) is 0 Å². The Bertz CT molecular complexity index is 706. The second-order valence-corrected chi connectivity index (χ2v) is 5.13. The molecule has 0 atom stereocenters. The molecule has 110 valence electrons. The number of nitrogens with zero attached hydrogens (tertiary/aromatic N) is 2. The minimum atomic E-state index is 0.731. The van der Waals surface area contributed by atoms with Crippen LogP contribution in [-0.2, 0) is 6.54 Å². The molecule has 2 N–H and O–H groups in total. The fraction of sp³-hybridized carbons (Fsp3) is 0.111. The third kappa shape index (κ3) is 3.82. The minimum Gasteiger partial charge on any atom is -0.365 e. The van der Waals surface area contributed by atoms with E-state index in [-0.39, 0.29) is 0 Å². The summed E-state index contributed by atoms with van der Waals surface area (Å²) in [4.78, 5) is 0. The molecule has 2 aromatic carbocycles. The van der Waals surface area contributed by atoms with Crippen LogP contribution in [0.3, 0.4) is 0 Å². The third-order valence-corrected chi connectivity index (χ3v) is 3.30. The molecule has 1 aromatic heterocycles. The number of rotatable bonds is 5. The van der Waals surface area contributed by atoms with E-state index in [1.165, 1.54) is 11.1 Å². The number of hydrogen-bond donors (Lipinski definition) is 2. The molecule has 0 aliphatic heterocycles. The van der Waals surface area contributed by atoms with Crippen molar-refractivity contribution in [3.8, 4) is 0 Å². The number of anilines is 3. The van der Waals surface area contributed by atoms with Crippen molar-refractivity contribution in [2.45, 2.75) is 13.5 Å². The number of aromatic nitrogens is 2. The van der Waals surface area contributed by atoms with E-state index in [0.717, 1.165) is 23.9 Å². The van der Waals surface area contributed by atoms with Crippen molar-refractivity contribution in [1.29, 1.82) is 0 Å². The van der Waals surface area contributed by atoms with Crippen LogP contribution in [0.2, 0.25) is 0 Å². The van der Waals surface area contributed by atoms with Crippen LogP contribution in [0.1, 0.15) is 11.1 Å². The second-order valence-electron chi connectivity index (χ2n) is 5.13. The Hall–Kier alpha value is -2.88. The summed E-state index contributed by atoms with van der Waals surface area (Å²) in [7, 11) is 0. The normalized spacial score (nSPS) is 10.2. The number of nitrogens with one attached hydrogen (secondary N) is 2. The van der Waals surface area contributed by atoms with Gasteiger partial charge in [0.1, 0.15) is 5.82 Å². The highest BCUT2D eigenvalue weighted by molar-refractivity contribution is 5.56. The van der Waals surface area contributed by atoms with E-state index in [2.05, 4.69) is 52.0 Å². The van der Waals surface area contributed by atoms with Crippen LogP contribution in [0.5, 0.6) is 0 Å². The Morgan fingerprint density at radius 1 is 0.773 bits per heavy atom. The zero-order valence-electron chi connectivity index (χ0n) is 12.5. The average Bonchev–Trinajstić information content (AvgIpc) is 2.57. The van der Waals surface area contributed by atoms with Gasteiger partial charge in [0.05, 0.1) is 0 Å². The SMILES string of the molecule is Cc1ccc(Nc2ccc(NCc3ccccc3)nn2)cc1. The van der Waals surface area contributed by atoms with E-state index in [9.17, 15) is 0 Å². The summed E-state index contributed by atoms with van der Waals surface area (Å²) in [6, 6.07) is 22.2. The summed E-state index contributed by atoms with van der Waals surface area (Å²) in [5.41, 5.74) is 3.45.